The van der Waals surface area contributed by atoms with Crippen LogP contribution in [-0.4, -0.2) is 55.6 Å². The molecule has 196 valence electrons. The monoisotopic (exact) mass is 528 g/mol. The molecule has 4 rings (SSSR count). The van der Waals surface area contributed by atoms with Crippen molar-refractivity contribution in [1.82, 2.24) is 29.0 Å². The number of hydrogen-bond acceptors (Lipinski definition) is 7. The summed E-state index contributed by atoms with van der Waals surface area (Å²) in [5, 5.41) is 9.45. The van der Waals surface area contributed by atoms with Gasteiger partial charge in [-0.05, 0) is 57.4 Å². The van der Waals surface area contributed by atoms with E-state index in [0.29, 0.717) is 58.0 Å². The third-order valence-electron chi connectivity index (χ3n) is 6.50. The Bertz CT molecular complexity index is 1520. The number of thiophene rings is 1. The molecular weight excluding hydrogens is 499 g/mol. The summed E-state index contributed by atoms with van der Waals surface area (Å²) in [5.41, 5.74) is 0.423. The van der Waals surface area contributed by atoms with Crippen molar-refractivity contribution in [1.29, 1.82) is 0 Å². The fourth-order valence-corrected chi connectivity index (χ4v) is 5.63. The van der Waals surface area contributed by atoms with Crippen molar-refractivity contribution < 1.29 is 13.9 Å². The average molecular weight is 529 g/mol. The summed E-state index contributed by atoms with van der Waals surface area (Å²) in [6, 6.07) is 3.80. The lowest BCUT2D eigenvalue weighted by Gasteiger charge is -2.21. The van der Waals surface area contributed by atoms with Crippen molar-refractivity contribution in [3.8, 4) is 10.8 Å². The molecule has 0 saturated carbocycles. The molecule has 1 amide bonds. The number of hydrogen-bond donors (Lipinski definition) is 0. The van der Waals surface area contributed by atoms with E-state index in [0.717, 1.165) is 6.41 Å². The lowest BCUT2D eigenvalue weighted by Crippen LogP contribution is -2.42. The first-order valence-electron chi connectivity index (χ1n) is 12.0. The quantitative estimate of drug-likeness (QED) is 0.277. The fourth-order valence-electron chi connectivity index (χ4n) is 4.39. The molecule has 0 saturated heterocycles. The van der Waals surface area contributed by atoms with E-state index in [1.54, 1.807) is 34.9 Å². The van der Waals surface area contributed by atoms with Gasteiger partial charge in [-0.2, -0.15) is 10.2 Å². The van der Waals surface area contributed by atoms with E-state index < -0.39 is 23.1 Å². The molecular formula is C25H29FN6O4S. The predicted molar refractivity (Wildman–Crippen MR) is 139 cm³/mol. The van der Waals surface area contributed by atoms with Gasteiger partial charge in [-0.25, -0.2) is 9.18 Å². The van der Waals surface area contributed by atoms with E-state index in [4.69, 9.17) is 4.74 Å². The van der Waals surface area contributed by atoms with Gasteiger partial charge < -0.3 is 9.64 Å². The number of aromatic nitrogens is 5. The number of halogens is 1. The Kier molecular flexibility index (Phi) is 7.86. The van der Waals surface area contributed by atoms with E-state index in [1.165, 1.54) is 39.9 Å². The second-order valence-electron chi connectivity index (χ2n) is 8.72. The van der Waals surface area contributed by atoms with Crippen LogP contribution in [0.5, 0.6) is 5.75 Å². The molecule has 0 spiro atoms. The molecule has 0 aliphatic heterocycles. The molecule has 0 radical (unpaired) electrons. The number of benzene rings is 1. The van der Waals surface area contributed by atoms with Gasteiger partial charge in [0.1, 0.15) is 21.4 Å². The van der Waals surface area contributed by atoms with E-state index in [2.05, 4.69) is 10.2 Å². The van der Waals surface area contributed by atoms with E-state index in [9.17, 15) is 18.8 Å². The van der Waals surface area contributed by atoms with E-state index in [-0.39, 0.29) is 6.54 Å². The first-order valence-corrected chi connectivity index (χ1v) is 12.8. The van der Waals surface area contributed by atoms with Crippen molar-refractivity contribution in [3.05, 3.63) is 68.4 Å². The fraction of sp³-hybridized carbons (Fsp3) is 0.400. The van der Waals surface area contributed by atoms with Crippen LogP contribution in [0.15, 0.2) is 40.2 Å². The molecule has 3 heterocycles. The molecule has 0 fully saturated rings. The zero-order chi connectivity index (χ0) is 26.7. The Morgan fingerprint density at radius 3 is 2.62 bits per heavy atom. The van der Waals surface area contributed by atoms with Crippen LogP contribution < -0.4 is 16.0 Å². The highest BCUT2D eigenvalue weighted by Crippen LogP contribution is 2.31. The Labute approximate surface area is 216 Å². The number of rotatable bonds is 11. The molecule has 1 aromatic carbocycles. The molecule has 4 aromatic rings. The second kappa shape index (κ2) is 11.1. The van der Waals surface area contributed by atoms with Crippen LogP contribution in [0.2, 0.25) is 0 Å². The molecule has 10 nitrogen and oxygen atoms in total. The standard InChI is InChI=1S/C25H29FN6O4S/c1-5-29(15-33)12-8-16(2)31-22(34)21-17(3)23(32-27-10-11-28-32)37-24(21)30(25(31)35)13-9-18-14-19(26)6-7-20(18)36-4/h6-7,10-11,14-16H,5,8-9,12-13H2,1-4H3/t16-/m1/s1. The summed E-state index contributed by atoms with van der Waals surface area (Å²) in [6.45, 7) is 6.62. The summed E-state index contributed by atoms with van der Waals surface area (Å²) in [5.74, 6) is 0.117. The number of aryl methyl sites for hydroxylation is 3. The number of fused-ring (bicyclic) bond motifs is 1. The van der Waals surface area contributed by atoms with Crippen molar-refractivity contribution in [2.24, 2.45) is 0 Å². The molecule has 1 atom stereocenters. The van der Waals surface area contributed by atoms with Crippen molar-refractivity contribution >= 4 is 28.0 Å². The Morgan fingerprint density at radius 2 is 1.97 bits per heavy atom. The van der Waals surface area contributed by atoms with Crippen LogP contribution in [0.4, 0.5) is 4.39 Å². The highest BCUT2D eigenvalue weighted by molar-refractivity contribution is 7.21. The van der Waals surface area contributed by atoms with Gasteiger partial charge >= 0.3 is 5.69 Å². The number of carbonyl (C=O) groups excluding carboxylic acids is 1. The number of methoxy groups -OCH3 is 1. The topological polar surface area (TPSA) is 104 Å². The number of amides is 1. The van der Waals surface area contributed by atoms with Gasteiger partial charge in [0.15, 0.2) is 0 Å². The lowest BCUT2D eigenvalue weighted by molar-refractivity contribution is -0.118. The summed E-state index contributed by atoms with van der Waals surface area (Å²) < 4.78 is 22.2. The van der Waals surface area contributed by atoms with Crippen LogP contribution >= 0.6 is 11.3 Å². The van der Waals surface area contributed by atoms with Crippen LogP contribution in [0.1, 0.15) is 37.4 Å². The van der Waals surface area contributed by atoms with Gasteiger partial charge in [-0.1, -0.05) is 11.3 Å². The second-order valence-corrected chi connectivity index (χ2v) is 9.70. The first-order chi connectivity index (χ1) is 17.8. The third kappa shape index (κ3) is 5.06. The minimum Gasteiger partial charge on any atom is -0.496 e. The van der Waals surface area contributed by atoms with Gasteiger partial charge in [0.05, 0.1) is 24.9 Å². The highest BCUT2D eigenvalue weighted by atomic mass is 32.1. The molecule has 12 heteroatoms. The number of ether oxygens (including phenoxy) is 1. The van der Waals surface area contributed by atoms with E-state index >= 15 is 0 Å². The van der Waals surface area contributed by atoms with Gasteiger partial charge in [0.2, 0.25) is 6.41 Å². The maximum atomic E-state index is 14.0. The maximum Gasteiger partial charge on any atom is 0.332 e. The summed E-state index contributed by atoms with van der Waals surface area (Å²) in [7, 11) is 1.51. The molecule has 0 N–H and O–H groups in total. The zero-order valence-corrected chi connectivity index (χ0v) is 22.0. The third-order valence-corrected chi connectivity index (χ3v) is 7.78. The number of nitrogens with zero attached hydrogens (tertiary/aromatic N) is 6. The molecule has 0 unspecified atom stereocenters. The first kappa shape index (κ1) is 26.3. The predicted octanol–water partition coefficient (Wildman–Crippen LogP) is 2.93. The smallest absolute Gasteiger partial charge is 0.332 e. The van der Waals surface area contributed by atoms with Gasteiger partial charge in [-0.3, -0.25) is 18.7 Å². The zero-order valence-electron chi connectivity index (χ0n) is 21.2. The van der Waals surface area contributed by atoms with Gasteiger partial charge in [0, 0.05) is 31.2 Å². The molecule has 0 aliphatic rings. The minimum atomic E-state index is -0.462. The van der Waals surface area contributed by atoms with Gasteiger partial charge in [-0.15, -0.1) is 4.80 Å². The molecule has 0 aliphatic carbocycles. The average Bonchev–Trinajstić information content (AvgIpc) is 3.53. The van der Waals surface area contributed by atoms with Crippen molar-refractivity contribution in [2.45, 2.75) is 46.2 Å². The minimum absolute atomic E-state index is 0.198. The molecule has 0 bridgehead atoms. The maximum absolute atomic E-state index is 14.0. The van der Waals surface area contributed by atoms with Crippen molar-refractivity contribution in [2.75, 3.05) is 20.2 Å². The SMILES string of the molecule is CCN(C=O)CC[C@@H](C)n1c(=O)c2c(C)c(-n3nccn3)sc2n(CCc2cc(F)ccc2OC)c1=O. The largest absolute Gasteiger partial charge is 0.496 e. The van der Waals surface area contributed by atoms with Crippen LogP contribution in [0, 0.1) is 12.7 Å². The Hall–Kier alpha value is -3.80. The Morgan fingerprint density at radius 1 is 1.24 bits per heavy atom. The number of carbonyl (C=O) groups is 1. The van der Waals surface area contributed by atoms with Crippen LogP contribution in [-0.2, 0) is 17.8 Å². The summed E-state index contributed by atoms with van der Waals surface area (Å²) >= 11 is 1.26. The highest BCUT2D eigenvalue weighted by Gasteiger charge is 2.24. The van der Waals surface area contributed by atoms with Gasteiger partial charge in [0.25, 0.3) is 5.56 Å². The van der Waals surface area contributed by atoms with Crippen LogP contribution in [0.25, 0.3) is 15.2 Å². The Balaban J connectivity index is 1.86. The van der Waals surface area contributed by atoms with Crippen LogP contribution in [0.3, 0.4) is 0 Å². The molecule has 37 heavy (non-hydrogen) atoms. The molecule has 3 aromatic heterocycles. The van der Waals surface area contributed by atoms with E-state index in [1.807, 2.05) is 13.8 Å². The normalized spacial score (nSPS) is 12.1. The summed E-state index contributed by atoms with van der Waals surface area (Å²) in [6.07, 6.45) is 4.58. The van der Waals surface area contributed by atoms with Crippen molar-refractivity contribution in [3.63, 3.8) is 0 Å². The lowest BCUT2D eigenvalue weighted by atomic mass is 10.1. The summed E-state index contributed by atoms with van der Waals surface area (Å²) in [4.78, 5) is 42.3.